The first kappa shape index (κ1) is 43.7. The number of carbonyl (C=O) groups excluding carboxylic acids is 4. The highest BCUT2D eigenvalue weighted by Gasteiger charge is 2.34. The standard InChI is InChI=1S/C45H52F3N5O7/c1-44(2,3)60-42(57)49-22-12-11-19-36(40(55)50-28-20-21-33-35(45(46,47)48)25-39(54)51-37(33)24-28)52-41(56)38(23-27-13-5-4-6-14-27)53-43(58)59-26-34-31-17-9-7-15-29(31)30-16-8-10-18-32(30)34/h7-10,15-18,20-21,24-25,27,34,36,38H,4-6,11-14,19,22-23,26H2,1-3H3,(H,49,57)(H,50,55)(H,51,54)(H,52,56)(H,53,58). The number of aromatic nitrogens is 1. The van der Waals surface area contributed by atoms with Gasteiger partial charge < -0.3 is 35.7 Å². The average Bonchev–Trinajstić information content (AvgIpc) is 3.51. The number of pyridine rings is 1. The highest BCUT2D eigenvalue weighted by Crippen LogP contribution is 2.44. The molecule has 12 nitrogen and oxygen atoms in total. The van der Waals surface area contributed by atoms with Gasteiger partial charge in [0.15, 0.2) is 0 Å². The van der Waals surface area contributed by atoms with Crippen LogP contribution in [0.2, 0.25) is 0 Å². The summed E-state index contributed by atoms with van der Waals surface area (Å²) in [5.41, 5.74) is 1.41. The summed E-state index contributed by atoms with van der Waals surface area (Å²) in [5.74, 6) is -1.32. The highest BCUT2D eigenvalue weighted by molar-refractivity contribution is 5.99. The quantitative estimate of drug-likeness (QED) is 0.0794. The summed E-state index contributed by atoms with van der Waals surface area (Å²) in [6, 6.07) is 17.8. The van der Waals surface area contributed by atoms with E-state index in [2.05, 4.69) is 26.3 Å². The minimum Gasteiger partial charge on any atom is -0.449 e. The van der Waals surface area contributed by atoms with E-state index in [4.69, 9.17) is 9.47 Å². The number of unbranched alkanes of at least 4 members (excludes halogenated alkanes) is 1. The Balaban J connectivity index is 1.17. The zero-order valence-corrected chi connectivity index (χ0v) is 34.0. The van der Waals surface area contributed by atoms with Crippen LogP contribution in [-0.2, 0) is 25.2 Å². The van der Waals surface area contributed by atoms with Crippen LogP contribution in [0, 0.1) is 5.92 Å². The molecule has 0 spiro atoms. The minimum atomic E-state index is -4.78. The zero-order chi connectivity index (χ0) is 43.0. The number of rotatable bonds is 14. The lowest BCUT2D eigenvalue weighted by Crippen LogP contribution is -2.53. The van der Waals surface area contributed by atoms with Gasteiger partial charge in [-0.25, -0.2) is 9.59 Å². The fraction of sp³-hybridized carbons (Fsp3) is 0.444. The maximum atomic E-state index is 14.2. The summed E-state index contributed by atoms with van der Waals surface area (Å²) >= 11 is 0. The van der Waals surface area contributed by atoms with Crippen molar-refractivity contribution >= 4 is 40.6 Å². The van der Waals surface area contributed by atoms with Crippen LogP contribution < -0.4 is 26.8 Å². The number of amides is 4. The SMILES string of the molecule is CC(C)(C)OC(=O)NCCCCC(NC(=O)C(CC1CCCCC1)NC(=O)OCC1c2ccccc2-c2ccccc21)C(=O)Nc1ccc2c(C(F)(F)F)cc(=O)[nH]c2c1. The molecular formula is C45H52F3N5O7. The van der Waals surface area contributed by atoms with Gasteiger partial charge in [-0.3, -0.25) is 14.4 Å². The number of alkyl halides is 3. The van der Waals surface area contributed by atoms with Crippen LogP contribution in [0.4, 0.5) is 28.4 Å². The van der Waals surface area contributed by atoms with Crippen LogP contribution in [-0.4, -0.2) is 59.8 Å². The number of alkyl carbamates (subject to hydrolysis) is 2. The largest absolute Gasteiger partial charge is 0.449 e. The molecule has 5 N–H and O–H groups in total. The van der Waals surface area contributed by atoms with Crippen molar-refractivity contribution in [1.82, 2.24) is 20.9 Å². The molecule has 0 bridgehead atoms. The van der Waals surface area contributed by atoms with Gasteiger partial charge in [0.2, 0.25) is 17.4 Å². The first-order chi connectivity index (χ1) is 28.6. The number of H-pyrrole nitrogens is 1. The molecule has 1 heterocycles. The van der Waals surface area contributed by atoms with Crippen molar-refractivity contribution in [3.05, 3.63) is 99.8 Å². The fourth-order valence-electron chi connectivity index (χ4n) is 8.09. The second-order valence-electron chi connectivity index (χ2n) is 16.5. The molecule has 60 heavy (non-hydrogen) atoms. The first-order valence-corrected chi connectivity index (χ1v) is 20.5. The highest BCUT2D eigenvalue weighted by atomic mass is 19.4. The van der Waals surface area contributed by atoms with E-state index in [1.807, 2.05) is 48.5 Å². The van der Waals surface area contributed by atoms with Crippen LogP contribution in [0.15, 0.2) is 77.6 Å². The Morgan fingerprint density at radius 1 is 0.800 bits per heavy atom. The summed E-state index contributed by atoms with van der Waals surface area (Å²) in [6.07, 6.45) is -0.117. The van der Waals surface area contributed by atoms with Gasteiger partial charge in [-0.1, -0.05) is 86.7 Å². The van der Waals surface area contributed by atoms with Crippen LogP contribution in [0.1, 0.15) is 101 Å². The second-order valence-corrected chi connectivity index (χ2v) is 16.5. The number of ether oxygens (including phenoxy) is 2. The number of anilines is 1. The molecule has 3 aromatic carbocycles. The normalized spacial score (nSPS) is 15.3. The number of hydrogen-bond donors (Lipinski definition) is 5. The van der Waals surface area contributed by atoms with E-state index in [9.17, 15) is 37.1 Å². The minimum absolute atomic E-state index is 0.0431. The number of nitrogens with one attached hydrogen (secondary N) is 5. The molecule has 1 aromatic heterocycles. The van der Waals surface area contributed by atoms with E-state index < -0.39 is 59.0 Å². The second kappa shape index (κ2) is 19.0. The molecule has 15 heteroatoms. The van der Waals surface area contributed by atoms with Crippen LogP contribution in [0.25, 0.3) is 22.0 Å². The van der Waals surface area contributed by atoms with Crippen LogP contribution >= 0.6 is 0 Å². The Hall–Kier alpha value is -5.86. The van der Waals surface area contributed by atoms with Gasteiger partial charge in [-0.2, -0.15) is 13.2 Å². The van der Waals surface area contributed by atoms with Crippen molar-refractivity contribution in [1.29, 1.82) is 0 Å². The molecule has 1 saturated carbocycles. The lowest BCUT2D eigenvalue weighted by Gasteiger charge is -2.28. The molecule has 0 saturated heterocycles. The molecule has 320 valence electrons. The van der Waals surface area contributed by atoms with Gasteiger partial charge in [-0.15, -0.1) is 0 Å². The number of hydrogen-bond acceptors (Lipinski definition) is 7. The molecule has 1 fully saturated rings. The van der Waals surface area contributed by atoms with E-state index in [-0.39, 0.29) is 48.0 Å². The van der Waals surface area contributed by atoms with E-state index in [0.29, 0.717) is 25.3 Å². The number of aromatic amines is 1. The Kier molecular flexibility index (Phi) is 13.9. The Labute approximate surface area is 346 Å². The summed E-state index contributed by atoms with van der Waals surface area (Å²) in [6.45, 7) is 5.49. The van der Waals surface area contributed by atoms with Crippen molar-refractivity contribution < 1.29 is 41.8 Å². The van der Waals surface area contributed by atoms with Crippen molar-refractivity contribution in [3.63, 3.8) is 0 Å². The predicted octanol–water partition coefficient (Wildman–Crippen LogP) is 8.54. The van der Waals surface area contributed by atoms with E-state index >= 15 is 0 Å². The van der Waals surface area contributed by atoms with Gasteiger partial charge in [0.25, 0.3) is 0 Å². The van der Waals surface area contributed by atoms with E-state index in [1.54, 1.807) is 20.8 Å². The Morgan fingerprint density at radius 3 is 2.12 bits per heavy atom. The monoisotopic (exact) mass is 831 g/mol. The maximum absolute atomic E-state index is 14.2. The lowest BCUT2D eigenvalue weighted by atomic mass is 9.84. The maximum Gasteiger partial charge on any atom is 0.417 e. The fourth-order valence-corrected chi connectivity index (χ4v) is 8.09. The first-order valence-electron chi connectivity index (χ1n) is 20.5. The summed E-state index contributed by atoms with van der Waals surface area (Å²) in [4.78, 5) is 68.3. The zero-order valence-electron chi connectivity index (χ0n) is 34.0. The molecular weight excluding hydrogens is 780 g/mol. The van der Waals surface area contributed by atoms with Gasteiger partial charge in [0.05, 0.1) is 11.1 Å². The average molecular weight is 832 g/mol. The van der Waals surface area contributed by atoms with Crippen LogP contribution in [0.5, 0.6) is 0 Å². The molecule has 2 aliphatic rings. The summed E-state index contributed by atoms with van der Waals surface area (Å²) in [5, 5.41) is 10.7. The molecule has 0 radical (unpaired) electrons. The predicted molar refractivity (Wildman–Crippen MR) is 221 cm³/mol. The number of benzene rings is 3. The number of fused-ring (bicyclic) bond motifs is 4. The van der Waals surface area contributed by atoms with Crippen molar-refractivity contribution in [2.24, 2.45) is 5.92 Å². The topological polar surface area (TPSA) is 168 Å². The Bertz CT molecular complexity index is 2200. The molecule has 4 aromatic rings. The third-order valence-electron chi connectivity index (χ3n) is 10.9. The van der Waals surface area contributed by atoms with Crippen molar-refractivity contribution in [2.75, 3.05) is 18.5 Å². The molecule has 2 unspecified atom stereocenters. The van der Waals surface area contributed by atoms with Gasteiger partial charge in [0, 0.05) is 29.6 Å². The molecule has 6 rings (SSSR count). The van der Waals surface area contributed by atoms with Gasteiger partial charge in [0.1, 0.15) is 24.3 Å². The molecule has 0 aliphatic heterocycles. The van der Waals surface area contributed by atoms with Crippen molar-refractivity contribution in [3.8, 4) is 11.1 Å². The van der Waals surface area contributed by atoms with Gasteiger partial charge >= 0.3 is 18.4 Å². The third kappa shape index (κ3) is 11.4. The third-order valence-corrected chi connectivity index (χ3v) is 10.9. The summed E-state index contributed by atoms with van der Waals surface area (Å²) < 4.78 is 52.2. The summed E-state index contributed by atoms with van der Waals surface area (Å²) in [7, 11) is 0. The number of halogens is 3. The van der Waals surface area contributed by atoms with Crippen molar-refractivity contribution in [2.45, 2.75) is 108 Å². The molecule has 2 aliphatic carbocycles. The number of carbonyl (C=O) groups is 4. The smallest absolute Gasteiger partial charge is 0.417 e. The Morgan fingerprint density at radius 2 is 1.47 bits per heavy atom. The van der Waals surface area contributed by atoms with Gasteiger partial charge in [-0.05, 0) is 86.8 Å². The molecule has 4 amide bonds. The van der Waals surface area contributed by atoms with E-state index in [0.717, 1.165) is 60.4 Å². The van der Waals surface area contributed by atoms with E-state index in [1.165, 1.54) is 12.1 Å². The lowest BCUT2D eigenvalue weighted by molar-refractivity contribution is -0.136. The molecule has 2 atom stereocenters. The van der Waals surface area contributed by atoms with Crippen LogP contribution in [0.3, 0.4) is 0 Å².